The van der Waals surface area contributed by atoms with E-state index in [4.69, 9.17) is 0 Å². The maximum Gasteiger partial charge on any atom is 0.0314 e. The third-order valence-corrected chi connectivity index (χ3v) is 4.52. The molecule has 1 unspecified atom stereocenters. The summed E-state index contributed by atoms with van der Waals surface area (Å²) >= 11 is 5.43. The Labute approximate surface area is 112 Å². The van der Waals surface area contributed by atoms with Gasteiger partial charge in [0.05, 0.1) is 0 Å². The predicted octanol–water partition coefficient (Wildman–Crippen LogP) is 4.47. The van der Waals surface area contributed by atoms with Crippen molar-refractivity contribution in [1.82, 2.24) is 5.32 Å². The van der Waals surface area contributed by atoms with E-state index in [0.717, 1.165) is 12.5 Å². The van der Waals surface area contributed by atoms with Crippen molar-refractivity contribution in [2.75, 3.05) is 6.54 Å². The summed E-state index contributed by atoms with van der Waals surface area (Å²) in [6, 6.07) is 2.14. The summed E-state index contributed by atoms with van der Waals surface area (Å²) in [5, 5.41) is 5.71. The van der Waals surface area contributed by atoms with E-state index in [-0.39, 0.29) is 5.54 Å². The lowest BCUT2D eigenvalue weighted by Gasteiger charge is -2.23. The molecule has 1 nitrogen and oxygen atoms in total. The third-order valence-electron chi connectivity index (χ3n) is 2.54. The average molecular weight is 304 g/mol. The van der Waals surface area contributed by atoms with Gasteiger partial charge in [0.2, 0.25) is 0 Å². The quantitative estimate of drug-likeness (QED) is 0.846. The minimum atomic E-state index is 0.234. The summed E-state index contributed by atoms with van der Waals surface area (Å²) in [6.07, 6.45) is 2.44. The molecule has 92 valence electrons. The van der Waals surface area contributed by atoms with Crippen LogP contribution in [-0.2, 0) is 6.42 Å². The van der Waals surface area contributed by atoms with Crippen molar-refractivity contribution in [3.63, 3.8) is 0 Å². The van der Waals surface area contributed by atoms with Crippen LogP contribution in [0.25, 0.3) is 0 Å². The molecule has 0 amide bonds. The SMILES string of the molecule is CC(CCc1sccc1Br)CNC(C)(C)C. The largest absolute Gasteiger partial charge is 0.312 e. The van der Waals surface area contributed by atoms with Crippen LogP contribution in [0.1, 0.15) is 39.0 Å². The molecule has 1 N–H and O–H groups in total. The molecule has 16 heavy (non-hydrogen) atoms. The Morgan fingerprint density at radius 3 is 2.62 bits per heavy atom. The molecule has 3 heteroatoms. The number of halogens is 1. The Kier molecular flexibility index (Phi) is 5.48. The molecule has 0 saturated heterocycles. The average Bonchev–Trinajstić information content (AvgIpc) is 2.57. The number of hydrogen-bond acceptors (Lipinski definition) is 2. The number of nitrogens with one attached hydrogen (secondary N) is 1. The zero-order valence-electron chi connectivity index (χ0n) is 10.6. The van der Waals surface area contributed by atoms with Gasteiger partial charge in [0, 0.05) is 14.9 Å². The van der Waals surface area contributed by atoms with Crippen LogP contribution in [0.4, 0.5) is 0 Å². The first-order valence-electron chi connectivity index (χ1n) is 5.85. The van der Waals surface area contributed by atoms with Gasteiger partial charge in [-0.15, -0.1) is 11.3 Å². The standard InChI is InChI=1S/C13H22BrNS/c1-10(9-15-13(2,3)4)5-6-12-11(14)7-8-16-12/h7-8,10,15H,5-6,9H2,1-4H3. The third kappa shape index (κ3) is 5.46. The van der Waals surface area contributed by atoms with Crippen LogP contribution in [0.3, 0.4) is 0 Å². The van der Waals surface area contributed by atoms with Crippen molar-refractivity contribution in [2.45, 2.75) is 46.1 Å². The van der Waals surface area contributed by atoms with Crippen molar-refractivity contribution in [3.8, 4) is 0 Å². The van der Waals surface area contributed by atoms with Crippen molar-refractivity contribution in [3.05, 3.63) is 20.8 Å². The fourth-order valence-electron chi connectivity index (χ4n) is 1.46. The molecule has 0 radical (unpaired) electrons. The minimum absolute atomic E-state index is 0.234. The van der Waals surface area contributed by atoms with E-state index in [2.05, 4.69) is 60.4 Å². The van der Waals surface area contributed by atoms with Gasteiger partial charge in [-0.05, 0) is 73.5 Å². The summed E-state index contributed by atoms with van der Waals surface area (Å²) in [5.74, 6) is 0.730. The van der Waals surface area contributed by atoms with E-state index in [1.807, 2.05) is 11.3 Å². The first-order valence-corrected chi connectivity index (χ1v) is 7.52. The molecular weight excluding hydrogens is 282 g/mol. The zero-order valence-corrected chi connectivity index (χ0v) is 13.0. The van der Waals surface area contributed by atoms with E-state index in [9.17, 15) is 0 Å². The molecule has 0 spiro atoms. The highest BCUT2D eigenvalue weighted by Crippen LogP contribution is 2.25. The van der Waals surface area contributed by atoms with Crippen molar-refractivity contribution in [2.24, 2.45) is 5.92 Å². The lowest BCUT2D eigenvalue weighted by Crippen LogP contribution is -2.38. The van der Waals surface area contributed by atoms with Gasteiger partial charge in [0.1, 0.15) is 0 Å². The Hall–Kier alpha value is 0.140. The molecule has 0 aliphatic heterocycles. The molecule has 1 aromatic heterocycles. The highest BCUT2D eigenvalue weighted by atomic mass is 79.9. The fourth-order valence-corrected chi connectivity index (χ4v) is 3.03. The molecule has 0 aliphatic rings. The monoisotopic (exact) mass is 303 g/mol. The van der Waals surface area contributed by atoms with Gasteiger partial charge in [-0.1, -0.05) is 6.92 Å². The number of rotatable bonds is 5. The van der Waals surface area contributed by atoms with E-state index in [0.29, 0.717) is 0 Å². The van der Waals surface area contributed by atoms with Gasteiger partial charge in [0.25, 0.3) is 0 Å². The molecule has 0 aromatic carbocycles. The molecule has 1 atom stereocenters. The number of hydrogen-bond donors (Lipinski definition) is 1. The summed E-state index contributed by atoms with van der Waals surface area (Å²) in [6.45, 7) is 10.1. The Balaban J connectivity index is 2.25. The maximum atomic E-state index is 3.58. The van der Waals surface area contributed by atoms with Gasteiger partial charge in [-0.2, -0.15) is 0 Å². The second-order valence-electron chi connectivity index (χ2n) is 5.47. The molecule has 1 rings (SSSR count). The summed E-state index contributed by atoms with van der Waals surface area (Å²) in [4.78, 5) is 1.47. The van der Waals surface area contributed by atoms with Crippen molar-refractivity contribution >= 4 is 27.3 Å². The highest BCUT2D eigenvalue weighted by Gasteiger charge is 2.11. The van der Waals surface area contributed by atoms with Crippen LogP contribution in [0.2, 0.25) is 0 Å². The smallest absolute Gasteiger partial charge is 0.0314 e. The van der Waals surface area contributed by atoms with E-state index >= 15 is 0 Å². The van der Waals surface area contributed by atoms with Gasteiger partial charge in [-0.3, -0.25) is 0 Å². The van der Waals surface area contributed by atoms with Crippen LogP contribution in [-0.4, -0.2) is 12.1 Å². The Bertz CT molecular complexity index is 314. The van der Waals surface area contributed by atoms with Crippen LogP contribution >= 0.6 is 27.3 Å². The first-order chi connectivity index (χ1) is 7.38. The van der Waals surface area contributed by atoms with Crippen LogP contribution < -0.4 is 5.32 Å². The van der Waals surface area contributed by atoms with Gasteiger partial charge < -0.3 is 5.32 Å². The summed E-state index contributed by atoms with van der Waals surface area (Å²) in [7, 11) is 0. The molecular formula is C13H22BrNS. The second kappa shape index (κ2) is 6.18. The predicted molar refractivity (Wildman–Crippen MR) is 77.3 cm³/mol. The lowest BCUT2D eigenvalue weighted by atomic mass is 10.0. The van der Waals surface area contributed by atoms with Gasteiger partial charge in [-0.25, -0.2) is 0 Å². The van der Waals surface area contributed by atoms with Crippen LogP contribution in [0.5, 0.6) is 0 Å². The topological polar surface area (TPSA) is 12.0 Å². The number of aryl methyl sites for hydroxylation is 1. The van der Waals surface area contributed by atoms with E-state index in [1.54, 1.807) is 0 Å². The minimum Gasteiger partial charge on any atom is -0.312 e. The maximum absolute atomic E-state index is 3.58. The molecule has 1 aromatic rings. The molecule has 1 heterocycles. The molecule has 0 fully saturated rings. The van der Waals surface area contributed by atoms with Crippen LogP contribution in [0.15, 0.2) is 15.9 Å². The molecule has 0 bridgehead atoms. The normalized spacial score (nSPS) is 14.1. The summed E-state index contributed by atoms with van der Waals surface area (Å²) in [5.41, 5.74) is 0.234. The van der Waals surface area contributed by atoms with Gasteiger partial charge >= 0.3 is 0 Å². The first kappa shape index (κ1) is 14.2. The summed E-state index contributed by atoms with van der Waals surface area (Å²) < 4.78 is 1.27. The highest BCUT2D eigenvalue weighted by molar-refractivity contribution is 9.10. The van der Waals surface area contributed by atoms with Gasteiger partial charge in [0.15, 0.2) is 0 Å². The van der Waals surface area contributed by atoms with E-state index in [1.165, 1.54) is 22.2 Å². The second-order valence-corrected chi connectivity index (χ2v) is 7.32. The number of thiophene rings is 1. The zero-order chi connectivity index (χ0) is 12.2. The molecule has 0 saturated carbocycles. The molecule has 0 aliphatic carbocycles. The van der Waals surface area contributed by atoms with Crippen LogP contribution in [0, 0.1) is 5.92 Å². The lowest BCUT2D eigenvalue weighted by molar-refractivity contribution is 0.373. The Morgan fingerprint density at radius 1 is 1.44 bits per heavy atom. The van der Waals surface area contributed by atoms with Crippen molar-refractivity contribution in [1.29, 1.82) is 0 Å². The Morgan fingerprint density at radius 2 is 2.12 bits per heavy atom. The fraction of sp³-hybridized carbons (Fsp3) is 0.692. The van der Waals surface area contributed by atoms with Crippen molar-refractivity contribution < 1.29 is 0 Å². The van der Waals surface area contributed by atoms with E-state index < -0.39 is 0 Å².